The van der Waals surface area contributed by atoms with Crippen LogP contribution in [-0.4, -0.2) is 26.3 Å². The minimum atomic E-state index is -0.362. The zero-order valence-electron chi connectivity index (χ0n) is 14.4. The molecule has 26 heavy (non-hydrogen) atoms. The number of nitrogens with zero attached hydrogens (tertiary/aromatic N) is 3. The normalized spacial score (nSPS) is 12.0. The van der Waals surface area contributed by atoms with Crippen LogP contribution in [0.4, 0.5) is 4.39 Å². The number of thioether (sulfide) groups is 1. The van der Waals surface area contributed by atoms with Crippen LogP contribution >= 0.6 is 11.8 Å². The Morgan fingerprint density at radius 3 is 2.54 bits per heavy atom. The second-order valence-electron chi connectivity index (χ2n) is 5.69. The summed E-state index contributed by atoms with van der Waals surface area (Å²) in [4.78, 5) is 12.2. The van der Waals surface area contributed by atoms with Crippen LogP contribution in [0.5, 0.6) is 5.75 Å². The number of ketones is 1. The van der Waals surface area contributed by atoms with Crippen molar-refractivity contribution in [1.82, 2.24) is 14.8 Å². The van der Waals surface area contributed by atoms with Crippen molar-refractivity contribution < 1.29 is 13.9 Å². The van der Waals surface area contributed by atoms with Gasteiger partial charge in [0.25, 0.3) is 0 Å². The van der Waals surface area contributed by atoms with Crippen LogP contribution in [0.2, 0.25) is 0 Å². The van der Waals surface area contributed by atoms with Gasteiger partial charge in [-0.25, -0.2) is 4.39 Å². The van der Waals surface area contributed by atoms with Gasteiger partial charge in [-0.1, -0.05) is 30.0 Å². The van der Waals surface area contributed by atoms with Crippen molar-refractivity contribution in [3.8, 4) is 5.75 Å². The molecule has 3 rings (SSSR count). The highest BCUT2D eigenvalue weighted by atomic mass is 32.2. The minimum absolute atomic E-state index is 0.0897. The molecule has 0 N–H and O–H groups in total. The largest absolute Gasteiger partial charge is 0.483 e. The summed E-state index contributed by atoms with van der Waals surface area (Å²) in [7, 11) is 1.84. The van der Waals surface area contributed by atoms with Crippen molar-refractivity contribution in [3.05, 3.63) is 71.8 Å². The molecule has 1 aromatic heterocycles. The van der Waals surface area contributed by atoms with Gasteiger partial charge in [-0.2, -0.15) is 0 Å². The predicted octanol–water partition coefficient (Wildman–Crippen LogP) is 4.07. The lowest BCUT2D eigenvalue weighted by Crippen LogP contribution is -2.10. The van der Waals surface area contributed by atoms with Gasteiger partial charge in [-0.3, -0.25) is 4.79 Å². The van der Waals surface area contributed by atoms with E-state index in [4.69, 9.17) is 4.74 Å². The zero-order chi connectivity index (χ0) is 18.5. The molecule has 0 aliphatic heterocycles. The molecule has 0 aliphatic carbocycles. The van der Waals surface area contributed by atoms with Gasteiger partial charge in [0.15, 0.2) is 22.9 Å². The fourth-order valence-electron chi connectivity index (χ4n) is 2.41. The van der Waals surface area contributed by atoms with Crippen LogP contribution in [0, 0.1) is 5.82 Å². The molecular formula is C19H18FN3O2S. The van der Waals surface area contributed by atoms with Crippen LogP contribution in [0.25, 0.3) is 0 Å². The fourth-order valence-corrected chi connectivity index (χ4v) is 3.22. The highest BCUT2D eigenvalue weighted by Crippen LogP contribution is 2.23. The van der Waals surface area contributed by atoms with E-state index in [9.17, 15) is 9.18 Å². The molecule has 0 bridgehead atoms. The number of para-hydroxylation sites is 1. The van der Waals surface area contributed by atoms with E-state index in [1.165, 1.54) is 36.0 Å². The first-order chi connectivity index (χ1) is 12.5. The van der Waals surface area contributed by atoms with Crippen molar-refractivity contribution in [2.75, 3.05) is 5.75 Å². The number of carbonyl (C=O) groups is 1. The van der Waals surface area contributed by atoms with E-state index >= 15 is 0 Å². The Labute approximate surface area is 155 Å². The second-order valence-corrected chi connectivity index (χ2v) is 6.63. The third kappa shape index (κ3) is 4.29. The Morgan fingerprint density at radius 1 is 1.15 bits per heavy atom. The van der Waals surface area contributed by atoms with E-state index in [0.717, 1.165) is 5.75 Å². The van der Waals surface area contributed by atoms with Crippen molar-refractivity contribution in [1.29, 1.82) is 0 Å². The number of carbonyl (C=O) groups excluding carboxylic acids is 1. The summed E-state index contributed by atoms with van der Waals surface area (Å²) in [5, 5.41) is 8.95. The number of Topliss-reactive ketones (excluding diaryl/α,β-unsaturated/α-hetero) is 1. The van der Waals surface area contributed by atoms with Crippen LogP contribution in [0.3, 0.4) is 0 Å². The molecule has 134 valence electrons. The molecule has 0 saturated heterocycles. The highest BCUT2D eigenvalue weighted by Gasteiger charge is 2.18. The maximum atomic E-state index is 12.9. The predicted molar refractivity (Wildman–Crippen MR) is 97.9 cm³/mol. The Kier molecular flexibility index (Phi) is 5.68. The lowest BCUT2D eigenvalue weighted by molar-refractivity contribution is 0.102. The topological polar surface area (TPSA) is 57.0 Å². The smallest absolute Gasteiger partial charge is 0.191 e. The van der Waals surface area contributed by atoms with Crippen molar-refractivity contribution >= 4 is 17.5 Å². The minimum Gasteiger partial charge on any atom is -0.483 e. The van der Waals surface area contributed by atoms with Crippen molar-refractivity contribution in [2.24, 2.45) is 7.05 Å². The number of rotatable bonds is 7. The maximum Gasteiger partial charge on any atom is 0.191 e. The Balaban J connectivity index is 1.63. The van der Waals surface area contributed by atoms with Gasteiger partial charge in [0.05, 0.1) is 5.75 Å². The Morgan fingerprint density at radius 2 is 1.85 bits per heavy atom. The first kappa shape index (κ1) is 18.1. The number of halogens is 1. The van der Waals surface area contributed by atoms with E-state index < -0.39 is 0 Å². The number of hydrogen-bond donors (Lipinski definition) is 0. The molecule has 1 unspecified atom stereocenters. The standard InChI is InChI=1S/C19H18FN3O2S/c1-13(25-16-6-4-3-5-7-16)18-21-22-19(23(18)2)26-12-17(24)14-8-10-15(20)11-9-14/h3-11,13H,12H2,1-2H3. The Bertz CT molecular complexity index is 882. The van der Waals surface area contributed by atoms with Gasteiger partial charge in [-0.05, 0) is 43.3 Å². The first-order valence-electron chi connectivity index (χ1n) is 8.07. The molecule has 0 fully saturated rings. The van der Waals surface area contributed by atoms with Crippen LogP contribution in [0.15, 0.2) is 59.8 Å². The lowest BCUT2D eigenvalue weighted by atomic mass is 10.1. The number of hydrogen-bond acceptors (Lipinski definition) is 5. The highest BCUT2D eigenvalue weighted by molar-refractivity contribution is 7.99. The zero-order valence-corrected chi connectivity index (χ0v) is 15.2. The molecular weight excluding hydrogens is 353 g/mol. The molecule has 0 saturated carbocycles. The van der Waals surface area contributed by atoms with E-state index in [0.29, 0.717) is 16.5 Å². The summed E-state index contributed by atoms with van der Waals surface area (Å²) >= 11 is 1.29. The summed E-state index contributed by atoms with van der Waals surface area (Å²) in [5.74, 6) is 1.17. The molecule has 2 aromatic carbocycles. The van der Waals surface area contributed by atoms with E-state index in [1.807, 2.05) is 48.9 Å². The SMILES string of the molecule is CC(Oc1ccccc1)c1nnc(SCC(=O)c2ccc(F)cc2)n1C. The average Bonchev–Trinajstić information content (AvgIpc) is 3.02. The summed E-state index contributed by atoms with van der Waals surface area (Å²) < 4.78 is 20.6. The molecule has 3 aromatic rings. The van der Waals surface area contributed by atoms with Gasteiger partial charge in [0, 0.05) is 12.6 Å². The average molecular weight is 371 g/mol. The summed E-state index contributed by atoms with van der Waals surface area (Å²) in [5.41, 5.74) is 0.474. The fraction of sp³-hybridized carbons (Fsp3) is 0.211. The van der Waals surface area contributed by atoms with Gasteiger partial charge in [-0.15, -0.1) is 10.2 Å². The van der Waals surface area contributed by atoms with Gasteiger partial charge < -0.3 is 9.30 Å². The third-order valence-corrected chi connectivity index (χ3v) is 4.81. The summed E-state index contributed by atoms with van der Waals surface area (Å²) in [6, 6.07) is 15.0. The van der Waals surface area contributed by atoms with E-state index in [2.05, 4.69) is 10.2 Å². The lowest BCUT2D eigenvalue weighted by Gasteiger charge is -2.14. The van der Waals surface area contributed by atoms with Crippen molar-refractivity contribution in [3.63, 3.8) is 0 Å². The third-order valence-electron chi connectivity index (χ3n) is 3.79. The van der Waals surface area contributed by atoms with Crippen LogP contribution in [0.1, 0.15) is 29.2 Å². The van der Waals surface area contributed by atoms with E-state index in [-0.39, 0.29) is 23.5 Å². The summed E-state index contributed by atoms with van der Waals surface area (Å²) in [6.07, 6.45) is -0.281. The molecule has 0 amide bonds. The molecule has 0 aliphatic rings. The molecule has 0 radical (unpaired) electrons. The van der Waals surface area contributed by atoms with Gasteiger partial charge in [0.1, 0.15) is 11.6 Å². The number of benzene rings is 2. The number of aromatic nitrogens is 3. The molecule has 7 heteroatoms. The number of ether oxygens (including phenoxy) is 1. The maximum absolute atomic E-state index is 12.9. The van der Waals surface area contributed by atoms with Gasteiger partial charge in [0.2, 0.25) is 0 Å². The van der Waals surface area contributed by atoms with Gasteiger partial charge >= 0.3 is 0 Å². The van der Waals surface area contributed by atoms with Crippen LogP contribution in [-0.2, 0) is 7.05 Å². The molecule has 1 heterocycles. The van der Waals surface area contributed by atoms with Crippen LogP contribution < -0.4 is 4.74 Å². The molecule has 0 spiro atoms. The molecule has 5 nitrogen and oxygen atoms in total. The monoisotopic (exact) mass is 371 g/mol. The quantitative estimate of drug-likeness (QED) is 0.463. The first-order valence-corrected chi connectivity index (χ1v) is 9.05. The second kappa shape index (κ2) is 8.14. The summed E-state index contributed by atoms with van der Waals surface area (Å²) in [6.45, 7) is 1.90. The Hall–Kier alpha value is -2.67. The molecule has 1 atom stereocenters. The van der Waals surface area contributed by atoms with Crippen molar-refractivity contribution in [2.45, 2.75) is 18.2 Å². The van der Waals surface area contributed by atoms with E-state index in [1.54, 1.807) is 0 Å².